The second-order valence-electron chi connectivity index (χ2n) is 7.11. The summed E-state index contributed by atoms with van der Waals surface area (Å²) in [4.78, 5) is 17.3. The lowest BCUT2D eigenvalue weighted by Gasteiger charge is -2.15. The van der Waals surface area contributed by atoms with Crippen LogP contribution in [0.4, 0.5) is 5.69 Å². The van der Waals surface area contributed by atoms with Crippen molar-refractivity contribution in [2.24, 2.45) is 0 Å². The van der Waals surface area contributed by atoms with Gasteiger partial charge < -0.3 is 15.0 Å². The van der Waals surface area contributed by atoms with Crippen molar-refractivity contribution in [3.05, 3.63) is 58.4 Å². The van der Waals surface area contributed by atoms with Gasteiger partial charge in [0.1, 0.15) is 11.2 Å². The minimum Gasteiger partial charge on any atom is -0.462 e. The van der Waals surface area contributed by atoms with Crippen molar-refractivity contribution in [3.63, 3.8) is 0 Å². The Bertz CT molecular complexity index is 1010. The molecule has 3 aromatic rings. The first kappa shape index (κ1) is 17.6. The molecule has 0 saturated heterocycles. The molecule has 2 heterocycles. The number of ether oxygens (including phenoxy) is 1. The summed E-state index contributed by atoms with van der Waals surface area (Å²) in [5.74, 6) is -0.387. The molecule has 2 N–H and O–H groups in total. The number of pyridine rings is 1. The van der Waals surface area contributed by atoms with Crippen molar-refractivity contribution < 1.29 is 9.53 Å². The Morgan fingerprint density at radius 1 is 1.22 bits per heavy atom. The number of esters is 1. The van der Waals surface area contributed by atoms with Gasteiger partial charge in [-0.3, -0.25) is 0 Å². The molecule has 5 heteroatoms. The lowest BCUT2D eigenvalue weighted by molar-refractivity contribution is 0.0526. The first-order valence-corrected chi connectivity index (χ1v) is 9.62. The number of nitrogens with two attached hydrogens (primary N) is 1. The number of carbonyl (C=O) groups excluding carboxylic acids is 1. The Balaban J connectivity index is 1.95. The van der Waals surface area contributed by atoms with Crippen LogP contribution >= 0.6 is 0 Å². The highest BCUT2D eigenvalue weighted by Crippen LogP contribution is 2.37. The van der Waals surface area contributed by atoms with Crippen LogP contribution in [0, 0.1) is 6.92 Å². The monoisotopic (exact) mass is 363 g/mol. The van der Waals surface area contributed by atoms with E-state index < -0.39 is 0 Å². The third-order valence-electron chi connectivity index (χ3n) is 5.38. The number of nitrogen functional groups attached to an aromatic ring is 1. The molecule has 0 bridgehead atoms. The van der Waals surface area contributed by atoms with Gasteiger partial charge in [-0.1, -0.05) is 30.3 Å². The number of benzene rings is 1. The fourth-order valence-corrected chi connectivity index (χ4v) is 4.19. The number of hydrogen-bond acceptors (Lipinski definition) is 4. The van der Waals surface area contributed by atoms with Crippen LogP contribution < -0.4 is 5.73 Å². The van der Waals surface area contributed by atoms with Crippen LogP contribution in [-0.4, -0.2) is 22.1 Å². The second kappa shape index (κ2) is 7.06. The molecule has 0 amide bonds. The lowest BCUT2D eigenvalue weighted by atomic mass is 9.94. The Morgan fingerprint density at radius 2 is 1.96 bits per heavy atom. The van der Waals surface area contributed by atoms with Gasteiger partial charge in [-0.25, -0.2) is 9.78 Å². The first-order chi connectivity index (χ1) is 13.1. The molecule has 5 nitrogen and oxygen atoms in total. The van der Waals surface area contributed by atoms with Crippen molar-refractivity contribution >= 4 is 22.7 Å². The minimum atomic E-state index is -0.387. The Hall–Kier alpha value is -2.82. The maximum absolute atomic E-state index is 12.4. The standard InChI is InChI=1S/C22H25N3O2/c1-3-27-22(26)18-14(2)24-21-19(20(18)23)16-11-7-8-12-17(16)25(21)13-15-9-5-4-6-10-15/h4-6,9-10H,3,7-8,11-13H2,1-2H3,(H2,23,24). The van der Waals surface area contributed by atoms with E-state index >= 15 is 0 Å². The molecule has 0 unspecified atom stereocenters. The summed E-state index contributed by atoms with van der Waals surface area (Å²) in [6, 6.07) is 10.4. The summed E-state index contributed by atoms with van der Waals surface area (Å²) in [5, 5.41) is 0.939. The van der Waals surface area contributed by atoms with Gasteiger partial charge in [-0.05, 0) is 50.7 Å². The number of carbonyl (C=O) groups is 1. The van der Waals surface area contributed by atoms with E-state index in [0.717, 1.165) is 36.8 Å². The average Bonchev–Trinajstić information content (AvgIpc) is 2.97. The third-order valence-corrected chi connectivity index (χ3v) is 5.38. The van der Waals surface area contributed by atoms with Crippen molar-refractivity contribution in [2.75, 3.05) is 12.3 Å². The van der Waals surface area contributed by atoms with Crippen molar-refractivity contribution in [1.82, 2.24) is 9.55 Å². The molecule has 0 spiro atoms. The van der Waals surface area contributed by atoms with E-state index in [4.69, 9.17) is 15.5 Å². The molecule has 1 aliphatic rings. The Kier molecular flexibility index (Phi) is 4.60. The molecule has 1 aliphatic carbocycles. The van der Waals surface area contributed by atoms with Gasteiger partial charge in [0.2, 0.25) is 0 Å². The van der Waals surface area contributed by atoms with Crippen molar-refractivity contribution in [2.45, 2.75) is 46.1 Å². The maximum Gasteiger partial charge on any atom is 0.342 e. The highest BCUT2D eigenvalue weighted by atomic mass is 16.5. The summed E-state index contributed by atoms with van der Waals surface area (Å²) in [5.41, 5.74) is 12.8. The van der Waals surface area contributed by atoms with E-state index in [1.54, 1.807) is 6.92 Å². The number of anilines is 1. The van der Waals surface area contributed by atoms with Gasteiger partial charge >= 0.3 is 5.97 Å². The highest BCUT2D eigenvalue weighted by molar-refractivity contribution is 6.06. The summed E-state index contributed by atoms with van der Waals surface area (Å²) in [6.07, 6.45) is 4.30. The van der Waals surface area contributed by atoms with Gasteiger partial charge in [-0.15, -0.1) is 0 Å². The van der Waals surface area contributed by atoms with Crippen LogP contribution in [0.2, 0.25) is 0 Å². The zero-order valence-corrected chi connectivity index (χ0v) is 15.9. The zero-order valence-electron chi connectivity index (χ0n) is 15.9. The number of rotatable bonds is 4. The quantitative estimate of drug-likeness (QED) is 0.711. The number of aromatic nitrogens is 2. The molecule has 0 saturated carbocycles. The number of fused-ring (bicyclic) bond motifs is 3. The van der Waals surface area contributed by atoms with Crippen LogP contribution in [0.3, 0.4) is 0 Å². The molecule has 27 heavy (non-hydrogen) atoms. The van der Waals surface area contributed by atoms with Crippen LogP contribution in [-0.2, 0) is 24.1 Å². The largest absolute Gasteiger partial charge is 0.462 e. The minimum absolute atomic E-state index is 0.322. The summed E-state index contributed by atoms with van der Waals surface area (Å²) < 4.78 is 7.51. The summed E-state index contributed by atoms with van der Waals surface area (Å²) in [6.45, 7) is 4.72. The van der Waals surface area contributed by atoms with Crippen molar-refractivity contribution in [1.29, 1.82) is 0 Å². The van der Waals surface area contributed by atoms with Crippen LogP contribution in [0.1, 0.15) is 52.6 Å². The van der Waals surface area contributed by atoms with E-state index in [0.29, 0.717) is 23.6 Å². The molecule has 4 rings (SSSR count). The SMILES string of the molecule is CCOC(=O)c1c(C)nc2c(c1N)c1c(n2Cc2ccccc2)CCCC1. The molecule has 0 aliphatic heterocycles. The van der Waals surface area contributed by atoms with Gasteiger partial charge in [-0.2, -0.15) is 0 Å². The van der Waals surface area contributed by atoms with Gasteiger partial charge in [0.05, 0.1) is 18.0 Å². The highest BCUT2D eigenvalue weighted by Gasteiger charge is 2.27. The fraction of sp³-hybridized carbons (Fsp3) is 0.364. The average molecular weight is 363 g/mol. The smallest absolute Gasteiger partial charge is 0.342 e. The van der Waals surface area contributed by atoms with E-state index in [-0.39, 0.29) is 5.97 Å². The fourth-order valence-electron chi connectivity index (χ4n) is 4.19. The normalized spacial score (nSPS) is 13.6. The van der Waals surface area contributed by atoms with E-state index in [1.807, 2.05) is 13.0 Å². The van der Waals surface area contributed by atoms with Gasteiger partial charge in [0.15, 0.2) is 0 Å². The topological polar surface area (TPSA) is 70.1 Å². The second-order valence-corrected chi connectivity index (χ2v) is 7.11. The van der Waals surface area contributed by atoms with E-state index in [1.165, 1.54) is 23.2 Å². The van der Waals surface area contributed by atoms with Gasteiger partial charge in [0.25, 0.3) is 0 Å². The maximum atomic E-state index is 12.4. The first-order valence-electron chi connectivity index (χ1n) is 9.62. The van der Waals surface area contributed by atoms with Crippen LogP contribution in [0.5, 0.6) is 0 Å². The van der Waals surface area contributed by atoms with Gasteiger partial charge in [0, 0.05) is 17.6 Å². The van der Waals surface area contributed by atoms with Crippen LogP contribution in [0.15, 0.2) is 30.3 Å². The van der Waals surface area contributed by atoms with E-state index in [2.05, 4.69) is 28.8 Å². The molecule has 0 fully saturated rings. The predicted molar refractivity (Wildman–Crippen MR) is 107 cm³/mol. The third kappa shape index (κ3) is 2.97. The Morgan fingerprint density at radius 3 is 2.70 bits per heavy atom. The molecular weight excluding hydrogens is 338 g/mol. The predicted octanol–water partition coefficient (Wildman–Crippen LogP) is 4.03. The molecule has 1 aromatic carbocycles. The number of nitrogens with zero attached hydrogens (tertiary/aromatic N) is 2. The summed E-state index contributed by atoms with van der Waals surface area (Å²) in [7, 11) is 0. The van der Waals surface area contributed by atoms with E-state index in [9.17, 15) is 4.79 Å². The van der Waals surface area contributed by atoms with Crippen LogP contribution in [0.25, 0.3) is 11.0 Å². The lowest BCUT2D eigenvalue weighted by Crippen LogP contribution is -2.12. The Labute approximate surface area is 159 Å². The van der Waals surface area contributed by atoms with Crippen molar-refractivity contribution in [3.8, 4) is 0 Å². The molecular formula is C22H25N3O2. The zero-order chi connectivity index (χ0) is 19.0. The number of hydrogen-bond donors (Lipinski definition) is 1. The molecule has 0 radical (unpaired) electrons. The molecule has 140 valence electrons. The molecule has 0 atom stereocenters. The summed E-state index contributed by atoms with van der Waals surface area (Å²) >= 11 is 0. The molecule has 2 aromatic heterocycles. The number of aryl methyl sites for hydroxylation is 2.